The van der Waals surface area contributed by atoms with Crippen LogP contribution in [0.5, 0.6) is 0 Å². The van der Waals surface area contributed by atoms with Gasteiger partial charge in [-0.3, -0.25) is 4.79 Å². The SMILES string of the molecule is CCC(C)(CC(F)F)C(=O)O. The van der Waals surface area contributed by atoms with Crippen molar-refractivity contribution in [3.05, 3.63) is 0 Å². The zero-order chi connectivity index (χ0) is 9.07. The number of rotatable bonds is 4. The van der Waals surface area contributed by atoms with Gasteiger partial charge in [0.1, 0.15) is 0 Å². The van der Waals surface area contributed by atoms with Crippen LogP contribution < -0.4 is 0 Å². The van der Waals surface area contributed by atoms with Crippen LogP contribution in [0.3, 0.4) is 0 Å². The van der Waals surface area contributed by atoms with Gasteiger partial charge in [-0.1, -0.05) is 6.92 Å². The Morgan fingerprint density at radius 2 is 2.09 bits per heavy atom. The van der Waals surface area contributed by atoms with E-state index in [1.54, 1.807) is 6.92 Å². The van der Waals surface area contributed by atoms with E-state index in [1.807, 2.05) is 0 Å². The van der Waals surface area contributed by atoms with Crippen molar-refractivity contribution >= 4 is 5.97 Å². The fourth-order valence-electron chi connectivity index (χ4n) is 0.723. The summed E-state index contributed by atoms with van der Waals surface area (Å²) in [5.41, 5.74) is -1.27. The first-order valence-electron chi connectivity index (χ1n) is 3.44. The number of carboxylic acid groups (broad SMARTS) is 1. The molecule has 0 saturated heterocycles. The number of hydrogen-bond donors (Lipinski definition) is 1. The predicted octanol–water partition coefficient (Wildman–Crippen LogP) is 2.14. The minimum Gasteiger partial charge on any atom is -0.481 e. The maximum atomic E-state index is 11.8. The molecule has 0 aromatic carbocycles. The number of carbonyl (C=O) groups is 1. The normalized spacial score (nSPS) is 16.5. The third-order valence-corrected chi connectivity index (χ3v) is 1.90. The molecule has 0 aliphatic carbocycles. The van der Waals surface area contributed by atoms with Gasteiger partial charge in [-0.05, 0) is 13.3 Å². The number of aliphatic carboxylic acids is 1. The molecule has 0 fully saturated rings. The number of halogens is 2. The molecule has 0 radical (unpaired) electrons. The van der Waals surface area contributed by atoms with E-state index in [4.69, 9.17) is 5.11 Å². The Bertz CT molecular complexity index is 147. The Morgan fingerprint density at radius 1 is 1.64 bits per heavy atom. The summed E-state index contributed by atoms with van der Waals surface area (Å²) in [5.74, 6) is -1.15. The monoisotopic (exact) mass is 166 g/mol. The van der Waals surface area contributed by atoms with Crippen molar-refractivity contribution in [2.75, 3.05) is 0 Å². The first-order chi connectivity index (χ1) is 4.92. The van der Waals surface area contributed by atoms with E-state index in [9.17, 15) is 13.6 Å². The van der Waals surface area contributed by atoms with Gasteiger partial charge >= 0.3 is 5.97 Å². The highest BCUT2D eigenvalue weighted by molar-refractivity contribution is 5.74. The van der Waals surface area contributed by atoms with Crippen molar-refractivity contribution in [2.24, 2.45) is 5.41 Å². The lowest BCUT2D eigenvalue weighted by Crippen LogP contribution is -2.28. The van der Waals surface area contributed by atoms with Crippen LogP contribution in [0.4, 0.5) is 8.78 Å². The summed E-state index contributed by atoms with van der Waals surface area (Å²) in [5, 5.41) is 8.55. The quantitative estimate of drug-likeness (QED) is 0.694. The molecule has 1 N–H and O–H groups in total. The molecule has 0 saturated carbocycles. The maximum absolute atomic E-state index is 11.8. The number of hydrogen-bond acceptors (Lipinski definition) is 1. The summed E-state index contributed by atoms with van der Waals surface area (Å²) in [7, 11) is 0. The third kappa shape index (κ3) is 2.82. The predicted molar refractivity (Wildman–Crippen MR) is 36.7 cm³/mol. The fourth-order valence-corrected chi connectivity index (χ4v) is 0.723. The van der Waals surface area contributed by atoms with Crippen molar-refractivity contribution in [3.8, 4) is 0 Å². The summed E-state index contributed by atoms with van der Waals surface area (Å²) >= 11 is 0. The van der Waals surface area contributed by atoms with Gasteiger partial charge in [0.2, 0.25) is 6.43 Å². The average Bonchev–Trinajstić information content (AvgIpc) is 1.86. The van der Waals surface area contributed by atoms with Gasteiger partial charge in [-0.25, -0.2) is 8.78 Å². The molecule has 1 atom stereocenters. The van der Waals surface area contributed by atoms with Crippen molar-refractivity contribution in [1.29, 1.82) is 0 Å². The lowest BCUT2D eigenvalue weighted by atomic mass is 9.84. The van der Waals surface area contributed by atoms with Gasteiger partial charge < -0.3 is 5.11 Å². The molecule has 0 bridgehead atoms. The summed E-state index contributed by atoms with van der Waals surface area (Å²) in [6.45, 7) is 2.93. The van der Waals surface area contributed by atoms with Crippen LogP contribution in [-0.2, 0) is 4.79 Å². The molecule has 1 unspecified atom stereocenters. The van der Waals surface area contributed by atoms with E-state index in [0.29, 0.717) is 0 Å². The number of carboxylic acids is 1. The Balaban J connectivity index is 4.22. The molecular formula is C7H12F2O2. The smallest absolute Gasteiger partial charge is 0.309 e. The first kappa shape index (κ1) is 10.3. The minimum absolute atomic E-state index is 0.229. The minimum atomic E-state index is -2.55. The second kappa shape index (κ2) is 3.64. The van der Waals surface area contributed by atoms with Gasteiger partial charge in [0.25, 0.3) is 0 Å². The molecule has 0 aromatic rings. The molecule has 0 spiro atoms. The first-order valence-corrected chi connectivity index (χ1v) is 3.44. The van der Waals surface area contributed by atoms with Gasteiger partial charge in [0.15, 0.2) is 0 Å². The highest BCUT2D eigenvalue weighted by Gasteiger charge is 2.34. The maximum Gasteiger partial charge on any atom is 0.309 e. The molecule has 11 heavy (non-hydrogen) atoms. The van der Waals surface area contributed by atoms with Crippen molar-refractivity contribution < 1.29 is 18.7 Å². The van der Waals surface area contributed by atoms with Crippen LogP contribution in [0.25, 0.3) is 0 Å². The average molecular weight is 166 g/mol. The van der Waals surface area contributed by atoms with Crippen molar-refractivity contribution in [1.82, 2.24) is 0 Å². The van der Waals surface area contributed by atoms with E-state index in [1.165, 1.54) is 6.92 Å². The largest absolute Gasteiger partial charge is 0.481 e. The standard InChI is InChI=1S/C7H12F2O2/c1-3-7(2,6(10)11)4-5(8)9/h5H,3-4H2,1-2H3,(H,10,11). The fraction of sp³-hybridized carbons (Fsp3) is 0.857. The molecular weight excluding hydrogens is 154 g/mol. The van der Waals surface area contributed by atoms with Gasteiger partial charge in [0, 0.05) is 6.42 Å². The van der Waals surface area contributed by atoms with E-state index >= 15 is 0 Å². The summed E-state index contributed by atoms with van der Waals surface area (Å²) < 4.78 is 23.6. The lowest BCUT2D eigenvalue weighted by Gasteiger charge is -2.21. The van der Waals surface area contributed by atoms with E-state index in [-0.39, 0.29) is 6.42 Å². The van der Waals surface area contributed by atoms with Crippen molar-refractivity contribution in [2.45, 2.75) is 33.1 Å². The van der Waals surface area contributed by atoms with E-state index < -0.39 is 24.2 Å². The van der Waals surface area contributed by atoms with Gasteiger partial charge in [-0.15, -0.1) is 0 Å². The van der Waals surface area contributed by atoms with Gasteiger partial charge in [0.05, 0.1) is 5.41 Å². The van der Waals surface area contributed by atoms with Crippen LogP contribution in [0.1, 0.15) is 26.7 Å². The van der Waals surface area contributed by atoms with Crippen LogP contribution in [-0.4, -0.2) is 17.5 Å². The molecule has 2 nitrogen and oxygen atoms in total. The van der Waals surface area contributed by atoms with E-state index in [0.717, 1.165) is 0 Å². The van der Waals surface area contributed by atoms with Gasteiger partial charge in [-0.2, -0.15) is 0 Å². The summed E-state index contributed by atoms with van der Waals surface area (Å²) in [6, 6.07) is 0. The molecule has 0 rings (SSSR count). The molecule has 4 heteroatoms. The molecule has 0 aliphatic rings. The van der Waals surface area contributed by atoms with Crippen LogP contribution in [0.2, 0.25) is 0 Å². The summed E-state index contributed by atoms with van der Waals surface area (Å²) in [6.07, 6.45) is -2.89. The zero-order valence-corrected chi connectivity index (χ0v) is 6.60. The highest BCUT2D eigenvalue weighted by Crippen LogP contribution is 2.28. The molecule has 0 heterocycles. The molecule has 0 aromatic heterocycles. The molecule has 0 amide bonds. The van der Waals surface area contributed by atoms with E-state index in [2.05, 4.69) is 0 Å². The Labute approximate surface area is 64.2 Å². The summed E-state index contributed by atoms with van der Waals surface area (Å²) in [4.78, 5) is 10.5. The second-order valence-corrected chi connectivity index (χ2v) is 2.81. The number of alkyl halides is 2. The lowest BCUT2D eigenvalue weighted by molar-refractivity contribution is -0.150. The topological polar surface area (TPSA) is 37.3 Å². The van der Waals surface area contributed by atoms with Crippen LogP contribution in [0, 0.1) is 5.41 Å². The Kier molecular flexibility index (Phi) is 3.42. The van der Waals surface area contributed by atoms with Crippen molar-refractivity contribution in [3.63, 3.8) is 0 Å². The third-order valence-electron chi connectivity index (χ3n) is 1.90. The van der Waals surface area contributed by atoms with Crippen LogP contribution >= 0.6 is 0 Å². The zero-order valence-electron chi connectivity index (χ0n) is 6.60. The molecule has 0 aliphatic heterocycles. The Hall–Kier alpha value is -0.670. The molecule has 66 valence electrons. The second-order valence-electron chi connectivity index (χ2n) is 2.81. The van der Waals surface area contributed by atoms with Crippen LogP contribution in [0.15, 0.2) is 0 Å². The highest BCUT2D eigenvalue weighted by atomic mass is 19.3. The Morgan fingerprint density at radius 3 is 2.18 bits per heavy atom.